The Morgan fingerprint density at radius 1 is 1.35 bits per heavy atom. The summed E-state index contributed by atoms with van der Waals surface area (Å²) in [6.07, 6.45) is 0. The first-order chi connectivity index (χ1) is 8.10. The first-order valence-electron chi connectivity index (χ1n) is 4.75. The van der Waals surface area contributed by atoms with Crippen LogP contribution in [0.3, 0.4) is 0 Å². The highest BCUT2D eigenvalue weighted by molar-refractivity contribution is 9.10. The van der Waals surface area contributed by atoms with Crippen LogP contribution in [0.2, 0.25) is 0 Å². The van der Waals surface area contributed by atoms with E-state index in [-0.39, 0.29) is 11.1 Å². The third kappa shape index (κ3) is 1.61. The lowest BCUT2D eigenvalue weighted by atomic mass is 10.0. The number of nitriles is 2. The van der Waals surface area contributed by atoms with Gasteiger partial charge >= 0.3 is 0 Å². The van der Waals surface area contributed by atoms with Gasteiger partial charge in [-0.3, -0.25) is 4.79 Å². The zero-order valence-corrected chi connectivity index (χ0v) is 10.4. The molecular weight excluding hydrogens is 282 g/mol. The molecule has 1 aliphatic heterocycles. The highest BCUT2D eigenvalue weighted by Crippen LogP contribution is 2.40. The van der Waals surface area contributed by atoms with Crippen molar-refractivity contribution in [3.63, 3.8) is 0 Å². The second-order valence-electron chi connectivity index (χ2n) is 3.55. The summed E-state index contributed by atoms with van der Waals surface area (Å²) in [4.78, 5) is 11.8. The predicted octanol–water partition coefficient (Wildman–Crippen LogP) is 2.51. The van der Waals surface area contributed by atoms with Crippen LogP contribution in [0.15, 0.2) is 22.2 Å². The Morgan fingerprint density at radius 3 is 2.59 bits per heavy atom. The van der Waals surface area contributed by atoms with Crippen LogP contribution in [0.4, 0.5) is 5.69 Å². The van der Waals surface area contributed by atoms with E-state index in [9.17, 15) is 4.79 Å². The molecule has 1 heterocycles. The number of hydrogen-bond acceptors (Lipinski definition) is 3. The quantitative estimate of drug-likeness (QED) is 0.588. The number of carbonyl (C=O) groups is 1. The molecule has 0 atom stereocenters. The SMILES string of the molecule is Cc1ccc2c(c1Br)C(=C(C#N)C#N)C(=O)N2. The Kier molecular flexibility index (Phi) is 2.71. The molecule has 1 N–H and O–H groups in total. The molecule has 0 saturated carbocycles. The monoisotopic (exact) mass is 287 g/mol. The van der Waals surface area contributed by atoms with Crippen molar-refractivity contribution in [3.05, 3.63) is 33.3 Å². The average molecular weight is 288 g/mol. The van der Waals surface area contributed by atoms with Gasteiger partial charge in [0.05, 0.1) is 11.3 Å². The first kappa shape index (κ1) is 11.4. The predicted molar refractivity (Wildman–Crippen MR) is 65.7 cm³/mol. The summed E-state index contributed by atoms with van der Waals surface area (Å²) in [7, 11) is 0. The van der Waals surface area contributed by atoms with E-state index in [4.69, 9.17) is 10.5 Å². The maximum atomic E-state index is 11.8. The summed E-state index contributed by atoms with van der Waals surface area (Å²) in [5.41, 5.74) is 2.11. The van der Waals surface area contributed by atoms with Crippen LogP contribution in [0.5, 0.6) is 0 Å². The minimum absolute atomic E-state index is 0.139. The van der Waals surface area contributed by atoms with E-state index in [1.54, 1.807) is 18.2 Å². The number of halogens is 1. The maximum Gasteiger partial charge on any atom is 0.258 e. The number of nitrogens with zero attached hydrogens (tertiary/aromatic N) is 2. The first-order valence-corrected chi connectivity index (χ1v) is 5.54. The number of hydrogen-bond donors (Lipinski definition) is 1. The molecule has 0 unspecified atom stereocenters. The molecule has 4 nitrogen and oxygen atoms in total. The van der Waals surface area contributed by atoms with Crippen LogP contribution in [-0.2, 0) is 4.79 Å². The fraction of sp³-hybridized carbons (Fsp3) is 0.0833. The van der Waals surface area contributed by atoms with Crippen molar-refractivity contribution in [1.82, 2.24) is 0 Å². The maximum absolute atomic E-state index is 11.8. The van der Waals surface area contributed by atoms with E-state index in [1.807, 2.05) is 13.0 Å². The van der Waals surface area contributed by atoms with Crippen LogP contribution >= 0.6 is 15.9 Å². The largest absolute Gasteiger partial charge is 0.321 e. The van der Waals surface area contributed by atoms with Gasteiger partial charge in [-0.1, -0.05) is 6.07 Å². The van der Waals surface area contributed by atoms with E-state index in [1.165, 1.54) is 0 Å². The summed E-state index contributed by atoms with van der Waals surface area (Å²) in [6.45, 7) is 1.88. The smallest absolute Gasteiger partial charge is 0.258 e. The highest BCUT2D eigenvalue weighted by atomic mass is 79.9. The second kappa shape index (κ2) is 4.04. The zero-order chi connectivity index (χ0) is 12.6. The van der Waals surface area contributed by atoms with Crippen molar-refractivity contribution in [2.24, 2.45) is 0 Å². The van der Waals surface area contributed by atoms with Gasteiger partial charge in [0.2, 0.25) is 0 Å². The average Bonchev–Trinajstić information content (AvgIpc) is 2.64. The number of carbonyl (C=O) groups excluding carboxylic acids is 1. The third-order valence-electron chi connectivity index (χ3n) is 2.53. The molecule has 0 bridgehead atoms. The summed E-state index contributed by atoms with van der Waals surface area (Å²) in [5.74, 6) is -0.413. The number of nitrogens with one attached hydrogen (secondary N) is 1. The second-order valence-corrected chi connectivity index (χ2v) is 4.34. The van der Waals surface area contributed by atoms with Gasteiger partial charge in [0.15, 0.2) is 0 Å². The van der Waals surface area contributed by atoms with Crippen LogP contribution in [0.25, 0.3) is 5.57 Å². The molecule has 17 heavy (non-hydrogen) atoms. The third-order valence-corrected chi connectivity index (χ3v) is 3.56. The van der Waals surface area contributed by atoms with Gasteiger partial charge in [-0.25, -0.2) is 0 Å². The number of benzene rings is 1. The topological polar surface area (TPSA) is 76.7 Å². The molecule has 0 spiro atoms. The molecule has 1 aromatic carbocycles. The van der Waals surface area contributed by atoms with Crippen molar-refractivity contribution in [1.29, 1.82) is 10.5 Å². The van der Waals surface area contributed by atoms with Crippen molar-refractivity contribution >= 4 is 33.1 Å². The molecule has 1 aliphatic rings. The number of anilines is 1. The van der Waals surface area contributed by atoms with Gasteiger partial charge in [0.25, 0.3) is 5.91 Å². The van der Waals surface area contributed by atoms with Crippen molar-refractivity contribution in [3.8, 4) is 12.1 Å². The van der Waals surface area contributed by atoms with E-state index in [2.05, 4.69) is 21.2 Å². The number of amides is 1. The molecule has 5 heteroatoms. The molecule has 82 valence electrons. The lowest BCUT2D eigenvalue weighted by Gasteiger charge is -2.04. The van der Waals surface area contributed by atoms with Gasteiger partial charge in [-0.15, -0.1) is 0 Å². The number of allylic oxidation sites excluding steroid dienone is 1. The lowest BCUT2D eigenvalue weighted by molar-refractivity contribution is -0.110. The molecule has 2 rings (SSSR count). The summed E-state index contributed by atoms with van der Waals surface area (Å²) in [5, 5.41) is 20.4. The minimum atomic E-state index is -0.413. The molecule has 0 aliphatic carbocycles. The lowest BCUT2D eigenvalue weighted by Crippen LogP contribution is -2.05. The molecule has 0 saturated heterocycles. The zero-order valence-electron chi connectivity index (χ0n) is 8.84. The Balaban J connectivity index is 2.84. The van der Waals surface area contributed by atoms with E-state index < -0.39 is 5.91 Å². The molecular formula is C12H6BrN3O. The van der Waals surface area contributed by atoms with E-state index in [0.29, 0.717) is 11.3 Å². The standard InChI is InChI=1S/C12H6BrN3O/c1-6-2-3-8-10(11(6)13)9(12(17)16-8)7(4-14)5-15/h2-3H,1H3,(H,16,17). The summed E-state index contributed by atoms with van der Waals surface area (Å²) < 4.78 is 0.728. The molecule has 0 fully saturated rings. The Morgan fingerprint density at radius 2 is 2.00 bits per heavy atom. The Labute approximate surface area is 106 Å². The fourth-order valence-electron chi connectivity index (χ4n) is 1.70. The van der Waals surface area contributed by atoms with Gasteiger partial charge in [-0.2, -0.15) is 10.5 Å². The molecule has 1 amide bonds. The molecule has 0 radical (unpaired) electrons. The van der Waals surface area contributed by atoms with Crippen LogP contribution < -0.4 is 5.32 Å². The van der Waals surface area contributed by atoms with Crippen LogP contribution in [0.1, 0.15) is 11.1 Å². The van der Waals surface area contributed by atoms with Crippen LogP contribution in [0, 0.1) is 29.6 Å². The fourth-order valence-corrected chi connectivity index (χ4v) is 2.25. The van der Waals surface area contributed by atoms with Crippen LogP contribution in [-0.4, -0.2) is 5.91 Å². The normalized spacial score (nSPS) is 12.5. The molecule has 1 aromatic rings. The van der Waals surface area contributed by atoms with Crippen molar-refractivity contribution in [2.75, 3.05) is 5.32 Å². The molecule has 0 aromatic heterocycles. The van der Waals surface area contributed by atoms with Crippen molar-refractivity contribution in [2.45, 2.75) is 6.92 Å². The number of rotatable bonds is 0. The van der Waals surface area contributed by atoms with Gasteiger partial charge in [0, 0.05) is 10.0 Å². The van der Waals surface area contributed by atoms with Crippen molar-refractivity contribution < 1.29 is 4.79 Å². The number of aryl methyl sites for hydroxylation is 1. The van der Waals surface area contributed by atoms with E-state index >= 15 is 0 Å². The Bertz CT molecular complexity index is 631. The summed E-state index contributed by atoms with van der Waals surface area (Å²) >= 11 is 3.38. The van der Waals surface area contributed by atoms with Gasteiger partial charge in [-0.05, 0) is 34.5 Å². The highest BCUT2D eigenvalue weighted by Gasteiger charge is 2.30. The minimum Gasteiger partial charge on any atom is -0.321 e. The Hall–Kier alpha value is -2.11. The van der Waals surface area contributed by atoms with Gasteiger partial charge in [0.1, 0.15) is 17.7 Å². The van der Waals surface area contributed by atoms with Gasteiger partial charge < -0.3 is 5.32 Å². The number of fused-ring (bicyclic) bond motifs is 1. The van der Waals surface area contributed by atoms with E-state index in [0.717, 1.165) is 10.0 Å². The summed E-state index contributed by atoms with van der Waals surface area (Å²) in [6, 6.07) is 7.11.